The molecule has 0 saturated carbocycles. The van der Waals surface area contributed by atoms with Crippen LogP contribution in [-0.2, 0) is 11.2 Å². The number of hydrogen-bond donors (Lipinski definition) is 1. The van der Waals surface area contributed by atoms with E-state index >= 15 is 0 Å². The van der Waals surface area contributed by atoms with Crippen molar-refractivity contribution >= 4 is 11.8 Å². The number of benzene rings is 1. The predicted molar refractivity (Wildman–Crippen MR) is 58.4 cm³/mol. The summed E-state index contributed by atoms with van der Waals surface area (Å²) in [5.74, 6) is -0.606. The monoisotopic (exact) mass is 219 g/mol. The summed E-state index contributed by atoms with van der Waals surface area (Å²) in [6.45, 7) is 3.14. The summed E-state index contributed by atoms with van der Waals surface area (Å²) in [5.41, 5.74) is 1.85. The Hall–Kier alpha value is -1.68. The number of imide groups is 1. The molecule has 0 atom stereocenters. The number of rotatable bonds is 4. The van der Waals surface area contributed by atoms with Crippen LogP contribution in [-0.4, -0.2) is 25.0 Å². The zero-order valence-corrected chi connectivity index (χ0v) is 9.08. The van der Waals surface area contributed by atoms with Crippen molar-refractivity contribution in [3.05, 3.63) is 34.9 Å². The standard InChI is InChI=1S/C12H13NO3/c1-2-16-7-6-8-4-3-5-9-10(8)12(15)13-11(9)14/h3-5H,2,6-7H2,1H3,(H,13,14,15). The number of fused-ring (bicyclic) bond motifs is 1. The second-order valence-electron chi connectivity index (χ2n) is 3.57. The number of nitrogens with one attached hydrogen (secondary N) is 1. The summed E-state index contributed by atoms with van der Waals surface area (Å²) in [6.07, 6.45) is 0.651. The molecule has 4 nitrogen and oxygen atoms in total. The molecule has 84 valence electrons. The average molecular weight is 219 g/mol. The maximum atomic E-state index is 11.6. The molecule has 0 aliphatic carbocycles. The lowest BCUT2D eigenvalue weighted by molar-refractivity contribution is 0.0879. The van der Waals surface area contributed by atoms with E-state index in [4.69, 9.17) is 4.74 Å². The molecular formula is C12H13NO3. The first kappa shape index (κ1) is 10.8. The van der Waals surface area contributed by atoms with Gasteiger partial charge in [-0.2, -0.15) is 0 Å². The molecule has 1 aliphatic heterocycles. The van der Waals surface area contributed by atoms with Gasteiger partial charge in [-0.05, 0) is 25.0 Å². The zero-order chi connectivity index (χ0) is 11.5. The molecular weight excluding hydrogens is 206 g/mol. The topological polar surface area (TPSA) is 55.4 Å². The van der Waals surface area contributed by atoms with Crippen LogP contribution in [0.5, 0.6) is 0 Å². The molecule has 0 unspecified atom stereocenters. The van der Waals surface area contributed by atoms with Gasteiger partial charge in [-0.15, -0.1) is 0 Å². The molecule has 0 bridgehead atoms. The summed E-state index contributed by atoms with van der Waals surface area (Å²) in [4.78, 5) is 23.0. The van der Waals surface area contributed by atoms with Crippen molar-refractivity contribution in [1.29, 1.82) is 0 Å². The SMILES string of the molecule is CCOCCc1cccc2c1C(=O)NC2=O. The van der Waals surface area contributed by atoms with Gasteiger partial charge in [0.2, 0.25) is 0 Å². The van der Waals surface area contributed by atoms with Gasteiger partial charge in [0.1, 0.15) is 0 Å². The lowest BCUT2D eigenvalue weighted by Crippen LogP contribution is -2.20. The maximum absolute atomic E-state index is 11.6. The smallest absolute Gasteiger partial charge is 0.259 e. The highest BCUT2D eigenvalue weighted by atomic mass is 16.5. The Kier molecular flexibility index (Phi) is 3.01. The Morgan fingerprint density at radius 3 is 2.81 bits per heavy atom. The van der Waals surface area contributed by atoms with Crippen molar-refractivity contribution in [2.45, 2.75) is 13.3 Å². The molecule has 1 aromatic carbocycles. The second kappa shape index (κ2) is 4.45. The third kappa shape index (κ3) is 1.84. The van der Waals surface area contributed by atoms with Crippen LogP contribution < -0.4 is 5.32 Å². The number of ether oxygens (including phenoxy) is 1. The van der Waals surface area contributed by atoms with E-state index in [2.05, 4.69) is 5.32 Å². The molecule has 0 spiro atoms. The second-order valence-corrected chi connectivity index (χ2v) is 3.57. The highest BCUT2D eigenvalue weighted by Crippen LogP contribution is 2.20. The van der Waals surface area contributed by atoms with E-state index < -0.39 is 0 Å². The van der Waals surface area contributed by atoms with E-state index in [0.29, 0.717) is 30.8 Å². The Morgan fingerprint density at radius 2 is 2.06 bits per heavy atom. The largest absolute Gasteiger partial charge is 0.381 e. The van der Waals surface area contributed by atoms with Gasteiger partial charge in [0.15, 0.2) is 0 Å². The van der Waals surface area contributed by atoms with Crippen molar-refractivity contribution in [1.82, 2.24) is 5.32 Å². The number of amides is 2. The van der Waals surface area contributed by atoms with Gasteiger partial charge in [0, 0.05) is 6.61 Å². The first-order valence-electron chi connectivity index (χ1n) is 5.29. The molecule has 4 heteroatoms. The van der Waals surface area contributed by atoms with Crippen LogP contribution in [0.3, 0.4) is 0 Å². The van der Waals surface area contributed by atoms with Crippen molar-refractivity contribution < 1.29 is 14.3 Å². The van der Waals surface area contributed by atoms with Gasteiger partial charge in [0.25, 0.3) is 11.8 Å². The fraction of sp³-hybridized carbons (Fsp3) is 0.333. The third-order valence-corrected chi connectivity index (χ3v) is 2.57. The minimum Gasteiger partial charge on any atom is -0.381 e. The normalized spacial score (nSPS) is 13.8. The Labute approximate surface area is 93.6 Å². The van der Waals surface area contributed by atoms with Crippen LogP contribution in [0.25, 0.3) is 0 Å². The van der Waals surface area contributed by atoms with Crippen molar-refractivity contribution in [2.24, 2.45) is 0 Å². The molecule has 1 N–H and O–H groups in total. The number of carbonyl (C=O) groups is 2. The number of carbonyl (C=O) groups excluding carboxylic acids is 2. The first-order valence-corrected chi connectivity index (χ1v) is 5.29. The molecule has 0 saturated heterocycles. The molecule has 1 aliphatic rings. The fourth-order valence-electron chi connectivity index (χ4n) is 1.83. The Morgan fingerprint density at radius 1 is 1.25 bits per heavy atom. The lowest BCUT2D eigenvalue weighted by Gasteiger charge is -2.05. The Bertz CT molecular complexity index is 440. The minimum atomic E-state index is -0.307. The molecule has 2 amide bonds. The summed E-state index contributed by atoms with van der Waals surface area (Å²) >= 11 is 0. The van der Waals surface area contributed by atoms with Gasteiger partial charge in [-0.1, -0.05) is 12.1 Å². The Balaban J connectivity index is 2.27. The van der Waals surface area contributed by atoms with Crippen LogP contribution in [0.4, 0.5) is 0 Å². The van der Waals surface area contributed by atoms with Crippen LogP contribution >= 0.6 is 0 Å². The van der Waals surface area contributed by atoms with Crippen LogP contribution in [0, 0.1) is 0 Å². The minimum absolute atomic E-state index is 0.299. The lowest BCUT2D eigenvalue weighted by atomic mass is 10.0. The van der Waals surface area contributed by atoms with E-state index in [-0.39, 0.29) is 11.8 Å². The van der Waals surface area contributed by atoms with Crippen molar-refractivity contribution in [2.75, 3.05) is 13.2 Å². The van der Waals surface area contributed by atoms with Crippen molar-refractivity contribution in [3.63, 3.8) is 0 Å². The van der Waals surface area contributed by atoms with E-state index in [1.165, 1.54) is 0 Å². The summed E-state index contributed by atoms with van der Waals surface area (Å²) in [6, 6.07) is 5.31. The summed E-state index contributed by atoms with van der Waals surface area (Å²) in [7, 11) is 0. The molecule has 2 rings (SSSR count). The van der Waals surface area contributed by atoms with Gasteiger partial charge in [-0.3, -0.25) is 14.9 Å². The first-order chi connectivity index (χ1) is 7.74. The van der Waals surface area contributed by atoms with Crippen LogP contribution in [0.2, 0.25) is 0 Å². The van der Waals surface area contributed by atoms with Crippen LogP contribution in [0.15, 0.2) is 18.2 Å². The van der Waals surface area contributed by atoms with E-state index in [9.17, 15) is 9.59 Å². The average Bonchev–Trinajstić information content (AvgIpc) is 2.56. The van der Waals surface area contributed by atoms with Gasteiger partial charge in [0.05, 0.1) is 17.7 Å². The zero-order valence-electron chi connectivity index (χ0n) is 9.08. The molecule has 0 aromatic heterocycles. The highest BCUT2D eigenvalue weighted by molar-refractivity contribution is 6.22. The summed E-state index contributed by atoms with van der Waals surface area (Å²) < 4.78 is 5.24. The van der Waals surface area contributed by atoms with E-state index in [1.807, 2.05) is 13.0 Å². The molecule has 1 aromatic rings. The fourth-order valence-corrected chi connectivity index (χ4v) is 1.83. The van der Waals surface area contributed by atoms with Gasteiger partial charge in [-0.25, -0.2) is 0 Å². The number of hydrogen-bond acceptors (Lipinski definition) is 3. The third-order valence-electron chi connectivity index (χ3n) is 2.57. The van der Waals surface area contributed by atoms with E-state index in [0.717, 1.165) is 5.56 Å². The molecule has 0 radical (unpaired) electrons. The highest BCUT2D eigenvalue weighted by Gasteiger charge is 2.28. The van der Waals surface area contributed by atoms with Gasteiger partial charge < -0.3 is 4.74 Å². The maximum Gasteiger partial charge on any atom is 0.259 e. The summed E-state index contributed by atoms with van der Waals surface area (Å²) in [5, 5.41) is 2.29. The molecule has 1 heterocycles. The quantitative estimate of drug-likeness (QED) is 0.610. The molecule has 16 heavy (non-hydrogen) atoms. The molecule has 0 fully saturated rings. The van der Waals surface area contributed by atoms with Crippen molar-refractivity contribution in [3.8, 4) is 0 Å². The van der Waals surface area contributed by atoms with E-state index in [1.54, 1.807) is 12.1 Å². The van der Waals surface area contributed by atoms with Gasteiger partial charge >= 0.3 is 0 Å². The van der Waals surface area contributed by atoms with Crippen LogP contribution in [0.1, 0.15) is 33.2 Å². The predicted octanol–water partition coefficient (Wildman–Crippen LogP) is 1.15.